The van der Waals surface area contributed by atoms with Gasteiger partial charge in [-0.1, -0.05) is 19.0 Å². The van der Waals surface area contributed by atoms with Gasteiger partial charge in [0.2, 0.25) is 0 Å². The summed E-state index contributed by atoms with van der Waals surface area (Å²) in [6.07, 6.45) is 8.12. The van der Waals surface area contributed by atoms with Crippen LogP contribution in [0.15, 0.2) is 10.5 Å². The number of thiazole rings is 1. The van der Waals surface area contributed by atoms with Crippen molar-refractivity contribution in [1.29, 1.82) is 0 Å². The van der Waals surface area contributed by atoms with E-state index in [4.69, 9.17) is 9.82 Å². The van der Waals surface area contributed by atoms with Gasteiger partial charge in [-0.15, -0.1) is 11.3 Å². The van der Waals surface area contributed by atoms with E-state index in [2.05, 4.69) is 29.7 Å². The van der Waals surface area contributed by atoms with Crippen LogP contribution in [0.2, 0.25) is 0 Å². The molecule has 1 unspecified atom stereocenters. The quantitative estimate of drug-likeness (QED) is 0.887. The second kappa shape index (κ2) is 5.85. The van der Waals surface area contributed by atoms with E-state index in [1.165, 1.54) is 30.7 Å². The van der Waals surface area contributed by atoms with Crippen LogP contribution in [0, 0.1) is 5.41 Å². The summed E-state index contributed by atoms with van der Waals surface area (Å²) in [6, 6.07) is 0. The second-order valence-electron chi connectivity index (χ2n) is 8.28. The lowest BCUT2D eigenvalue weighted by molar-refractivity contribution is -0.0761. The number of nitrogens with one attached hydrogen (secondary N) is 1. The van der Waals surface area contributed by atoms with Gasteiger partial charge in [0.15, 0.2) is 0 Å². The summed E-state index contributed by atoms with van der Waals surface area (Å²) in [5, 5.41) is 11.4. The first-order chi connectivity index (χ1) is 11.1. The molecule has 4 rings (SSSR count). The summed E-state index contributed by atoms with van der Waals surface area (Å²) in [4.78, 5) is 10.9. The van der Waals surface area contributed by atoms with Gasteiger partial charge in [-0.25, -0.2) is 4.98 Å². The van der Waals surface area contributed by atoms with E-state index in [-0.39, 0.29) is 5.60 Å². The normalized spacial score (nSPS) is 31.1. The van der Waals surface area contributed by atoms with Crippen LogP contribution < -0.4 is 5.32 Å². The molecule has 0 bridgehead atoms. The fraction of sp³-hybridized carbons (Fsp3) is 0.778. The van der Waals surface area contributed by atoms with Crippen LogP contribution in [0.5, 0.6) is 0 Å². The lowest BCUT2D eigenvalue weighted by Crippen LogP contribution is -2.39. The maximum absolute atomic E-state index is 5.98. The molecule has 23 heavy (non-hydrogen) atoms. The molecule has 4 nitrogen and oxygen atoms in total. The Balaban J connectivity index is 1.46. The van der Waals surface area contributed by atoms with E-state index in [1.54, 1.807) is 11.3 Å². The molecule has 1 saturated carbocycles. The number of hydrogen-bond acceptors (Lipinski definition) is 5. The Hall–Kier alpha value is -0.940. The summed E-state index contributed by atoms with van der Waals surface area (Å²) in [6.45, 7) is 6.93. The molecule has 1 atom stereocenters. The summed E-state index contributed by atoms with van der Waals surface area (Å²) in [5.41, 5.74) is 2.43. The third kappa shape index (κ3) is 3.18. The molecule has 3 aliphatic rings. The zero-order valence-electron chi connectivity index (χ0n) is 14.2. The van der Waals surface area contributed by atoms with Gasteiger partial charge in [0, 0.05) is 17.7 Å². The minimum Gasteiger partial charge on any atom is -0.388 e. The first-order valence-corrected chi connectivity index (χ1v) is 9.85. The number of hydrogen-bond donors (Lipinski definition) is 1. The minimum absolute atomic E-state index is 0.0599. The standard InChI is InChI=1S/C18H27N3OS/c1-17(2)6-3-7-18(12-17)10-14(21-22-18)15-11-23-16(20-15)13-4-8-19-9-5-13/h11,13,19H,3-10,12H2,1-2H3. The van der Waals surface area contributed by atoms with Gasteiger partial charge in [0.05, 0.1) is 10.7 Å². The van der Waals surface area contributed by atoms with Crippen molar-refractivity contribution < 1.29 is 4.84 Å². The molecule has 0 aromatic carbocycles. The Morgan fingerprint density at radius 1 is 1.26 bits per heavy atom. The SMILES string of the molecule is CC1(C)CCCC2(CC(c3csc(C4CCNCC4)n3)=NO2)C1. The Labute approximate surface area is 142 Å². The molecule has 1 aromatic heterocycles. The largest absolute Gasteiger partial charge is 0.388 e. The fourth-order valence-electron chi connectivity index (χ4n) is 4.50. The van der Waals surface area contributed by atoms with Crippen molar-refractivity contribution in [3.63, 3.8) is 0 Å². The maximum Gasteiger partial charge on any atom is 0.144 e. The highest BCUT2D eigenvalue weighted by Gasteiger charge is 2.46. The Morgan fingerprint density at radius 2 is 2.09 bits per heavy atom. The predicted molar refractivity (Wildman–Crippen MR) is 94.2 cm³/mol. The number of aromatic nitrogens is 1. The highest BCUT2D eigenvalue weighted by molar-refractivity contribution is 7.09. The van der Waals surface area contributed by atoms with Crippen LogP contribution in [-0.2, 0) is 4.84 Å². The third-order valence-electron chi connectivity index (χ3n) is 5.63. The van der Waals surface area contributed by atoms with E-state index in [1.807, 2.05) is 0 Å². The van der Waals surface area contributed by atoms with E-state index < -0.39 is 0 Å². The van der Waals surface area contributed by atoms with Crippen molar-refractivity contribution in [2.45, 2.75) is 70.3 Å². The predicted octanol–water partition coefficient (Wildman–Crippen LogP) is 4.07. The fourth-order valence-corrected chi connectivity index (χ4v) is 5.50. The van der Waals surface area contributed by atoms with Crippen LogP contribution in [0.3, 0.4) is 0 Å². The van der Waals surface area contributed by atoms with Gasteiger partial charge < -0.3 is 10.2 Å². The molecule has 1 saturated heterocycles. The molecule has 1 N–H and O–H groups in total. The molecule has 0 radical (unpaired) electrons. The van der Waals surface area contributed by atoms with Crippen molar-refractivity contribution in [2.75, 3.05) is 13.1 Å². The van der Waals surface area contributed by atoms with Gasteiger partial charge >= 0.3 is 0 Å². The minimum atomic E-state index is -0.0599. The second-order valence-corrected chi connectivity index (χ2v) is 9.17. The van der Waals surface area contributed by atoms with Gasteiger partial charge in [-0.05, 0) is 57.0 Å². The van der Waals surface area contributed by atoms with Crippen molar-refractivity contribution >= 4 is 17.0 Å². The maximum atomic E-state index is 5.98. The van der Waals surface area contributed by atoms with Gasteiger partial charge in [-0.3, -0.25) is 0 Å². The van der Waals surface area contributed by atoms with Crippen LogP contribution in [0.25, 0.3) is 0 Å². The van der Waals surface area contributed by atoms with E-state index in [0.29, 0.717) is 11.3 Å². The topological polar surface area (TPSA) is 46.5 Å². The van der Waals surface area contributed by atoms with E-state index in [9.17, 15) is 0 Å². The monoisotopic (exact) mass is 333 g/mol. The molecule has 2 aliphatic heterocycles. The van der Waals surface area contributed by atoms with Gasteiger partial charge in [-0.2, -0.15) is 0 Å². The average molecular weight is 334 g/mol. The Bertz CT molecular complexity index is 603. The number of nitrogens with zero attached hydrogens (tertiary/aromatic N) is 2. The number of piperidine rings is 1. The molecule has 5 heteroatoms. The number of rotatable bonds is 2. The highest BCUT2D eigenvalue weighted by atomic mass is 32.1. The molecular formula is C18H27N3OS. The molecule has 0 amide bonds. The zero-order valence-corrected chi connectivity index (χ0v) is 15.0. The Kier molecular flexibility index (Phi) is 3.96. The molecule has 1 aliphatic carbocycles. The molecular weight excluding hydrogens is 306 g/mol. The average Bonchev–Trinajstić information content (AvgIpc) is 3.14. The van der Waals surface area contributed by atoms with Crippen molar-refractivity contribution in [1.82, 2.24) is 10.3 Å². The van der Waals surface area contributed by atoms with E-state index in [0.717, 1.165) is 43.8 Å². The lowest BCUT2D eigenvalue weighted by Gasteiger charge is -2.40. The highest BCUT2D eigenvalue weighted by Crippen LogP contribution is 2.47. The molecule has 1 spiro atoms. The van der Waals surface area contributed by atoms with Crippen molar-refractivity contribution in [3.05, 3.63) is 16.1 Å². The zero-order chi connectivity index (χ0) is 15.9. The Morgan fingerprint density at radius 3 is 2.87 bits per heavy atom. The first kappa shape index (κ1) is 15.6. The van der Waals surface area contributed by atoms with Crippen LogP contribution >= 0.6 is 11.3 Å². The summed E-state index contributed by atoms with van der Waals surface area (Å²) < 4.78 is 0. The molecule has 3 heterocycles. The number of oxime groups is 1. The first-order valence-electron chi connectivity index (χ1n) is 8.97. The molecule has 2 fully saturated rings. The van der Waals surface area contributed by atoms with Crippen molar-refractivity contribution in [2.24, 2.45) is 10.6 Å². The van der Waals surface area contributed by atoms with E-state index >= 15 is 0 Å². The third-order valence-corrected chi connectivity index (χ3v) is 6.64. The van der Waals surface area contributed by atoms with Crippen LogP contribution in [0.4, 0.5) is 0 Å². The molecule has 1 aromatic rings. The van der Waals surface area contributed by atoms with Gasteiger partial charge in [0.25, 0.3) is 0 Å². The summed E-state index contributed by atoms with van der Waals surface area (Å²) in [7, 11) is 0. The lowest BCUT2D eigenvalue weighted by atomic mass is 9.68. The van der Waals surface area contributed by atoms with Crippen LogP contribution in [0.1, 0.15) is 75.4 Å². The van der Waals surface area contributed by atoms with Gasteiger partial charge in [0.1, 0.15) is 11.3 Å². The van der Waals surface area contributed by atoms with Crippen LogP contribution in [-0.4, -0.2) is 29.4 Å². The summed E-state index contributed by atoms with van der Waals surface area (Å²) in [5.74, 6) is 0.625. The smallest absolute Gasteiger partial charge is 0.144 e. The molecule has 126 valence electrons. The van der Waals surface area contributed by atoms with Crippen molar-refractivity contribution in [3.8, 4) is 0 Å². The summed E-state index contributed by atoms with van der Waals surface area (Å²) >= 11 is 1.80.